The van der Waals surface area contributed by atoms with Crippen LogP contribution in [0.5, 0.6) is 5.75 Å². The van der Waals surface area contributed by atoms with Crippen LogP contribution in [-0.4, -0.2) is 43.8 Å². The van der Waals surface area contributed by atoms with Crippen LogP contribution in [0.25, 0.3) is 0 Å². The molecule has 6 heteroatoms. The van der Waals surface area contributed by atoms with E-state index in [1.54, 1.807) is 35.8 Å². The SMILES string of the molecule is COc1cc(SC)ccc1C(=O)OCC(=O)N(C)Cc1ccccc1C. The van der Waals surface area contributed by atoms with Crippen molar-refractivity contribution in [3.63, 3.8) is 0 Å². The highest BCUT2D eigenvalue weighted by Crippen LogP contribution is 2.25. The number of likely N-dealkylation sites (N-methyl/N-ethyl adjacent to an activating group) is 1. The molecular formula is C20H23NO4S. The molecule has 0 aliphatic rings. The minimum Gasteiger partial charge on any atom is -0.496 e. The number of nitrogens with zero attached hydrogens (tertiary/aromatic N) is 1. The van der Waals surface area contributed by atoms with Crippen LogP contribution in [-0.2, 0) is 16.1 Å². The molecule has 2 aromatic carbocycles. The predicted molar refractivity (Wildman–Crippen MR) is 103 cm³/mol. The van der Waals surface area contributed by atoms with Gasteiger partial charge in [-0.25, -0.2) is 4.79 Å². The lowest BCUT2D eigenvalue weighted by molar-refractivity contribution is -0.133. The van der Waals surface area contributed by atoms with Crippen molar-refractivity contribution in [2.75, 3.05) is 27.0 Å². The molecule has 0 unspecified atom stereocenters. The predicted octanol–water partition coefficient (Wildman–Crippen LogP) is 3.54. The third-order valence-corrected chi connectivity index (χ3v) is 4.78. The van der Waals surface area contributed by atoms with Gasteiger partial charge in [-0.2, -0.15) is 0 Å². The van der Waals surface area contributed by atoms with Crippen LogP contribution >= 0.6 is 11.8 Å². The highest BCUT2D eigenvalue weighted by Gasteiger charge is 2.17. The summed E-state index contributed by atoms with van der Waals surface area (Å²) in [4.78, 5) is 27.1. The normalized spacial score (nSPS) is 10.3. The second kappa shape index (κ2) is 9.29. The molecule has 0 aliphatic heterocycles. The van der Waals surface area contributed by atoms with Crippen molar-refractivity contribution in [2.45, 2.75) is 18.4 Å². The van der Waals surface area contributed by atoms with Crippen LogP contribution in [0.2, 0.25) is 0 Å². The molecule has 0 radical (unpaired) electrons. The Balaban J connectivity index is 1.96. The highest BCUT2D eigenvalue weighted by molar-refractivity contribution is 7.98. The summed E-state index contributed by atoms with van der Waals surface area (Å²) in [5, 5.41) is 0. The fraction of sp³-hybridized carbons (Fsp3) is 0.300. The molecule has 5 nitrogen and oxygen atoms in total. The summed E-state index contributed by atoms with van der Waals surface area (Å²) in [6.07, 6.45) is 1.94. The first-order chi connectivity index (χ1) is 12.5. The Morgan fingerprint density at radius 1 is 1.15 bits per heavy atom. The van der Waals surface area contributed by atoms with Crippen LogP contribution in [0.3, 0.4) is 0 Å². The Bertz CT molecular complexity index is 791. The number of ether oxygens (including phenoxy) is 2. The van der Waals surface area contributed by atoms with E-state index < -0.39 is 5.97 Å². The van der Waals surface area contributed by atoms with Gasteiger partial charge >= 0.3 is 5.97 Å². The number of aryl methyl sites for hydroxylation is 1. The number of benzene rings is 2. The van der Waals surface area contributed by atoms with E-state index in [0.29, 0.717) is 17.9 Å². The Kier molecular flexibility index (Phi) is 7.09. The van der Waals surface area contributed by atoms with Gasteiger partial charge in [0.1, 0.15) is 11.3 Å². The molecule has 26 heavy (non-hydrogen) atoms. The first kappa shape index (κ1) is 19.8. The van der Waals surface area contributed by atoms with Gasteiger partial charge in [-0.05, 0) is 42.5 Å². The zero-order valence-electron chi connectivity index (χ0n) is 15.4. The maximum atomic E-state index is 12.3. The highest BCUT2D eigenvalue weighted by atomic mass is 32.2. The van der Waals surface area contributed by atoms with E-state index in [-0.39, 0.29) is 12.5 Å². The van der Waals surface area contributed by atoms with Crippen molar-refractivity contribution in [3.05, 3.63) is 59.2 Å². The zero-order chi connectivity index (χ0) is 19.1. The minimum atomic E-state index is -0.577. The van der Waals surface area contributed by atoms with Crippen LogP contribution in [0.15, 0.2) is 47.4 Å². The summed E-state index contributed by atoms with van der Waals surface area (Å²) in [5.74, 6) is -0.406. The number of hydrogen-bond donors (Lipinski definition) is 0. The lowest BCUT2D eigenvalue weighted by Gasteiger charge is -2.18. The topological polar surface area (TPSA) is 55.8 Å². The Morgan fingerprint density at radius 2 is 1.88 bits per heavy atom. The summed E-state index contributed by atoms with van der Waals surface area (Å²) in [7, 11) is 3.19. The summed E-state index contributed by atoms with van der Waals surface area (Å²) >= 11 is 1.55. The fourth-order valence-electron chi connectivity index (χ4n) is 2.41. The second-order valence-electron chi connectivity index (χ2n) is 5.82. The molecule has 0 saturated heterocycles. The molecule has 1 amide bonds. The summed E-state index contributed by atoms with van der Waals surface area (Å²) < 4.78 is 10.4. The molecule has 0 atom stereocenters. The van der Waals surface area contributed by atoms with Crippen molar-refractivity contribution < 1.29 is 19.1 Å². The Hall–Kier alpha value is -2.47. The monoisotopic (exact) mass is 373 g/mol. The van der Waals surface area contributed by atoms with Crippen molar-refractivity contribution in [2.24, 2.45) is 0 Å². The van der Waals surface area contributed by atoms with Crippen LogP contribution in [0, 0.1) is 6.92 Å². The van der Waals surface area contributed by atoms with Crippen LogP contribution < -0.4 is 4.74 Å². The van der Waals surface area contributed by atoms with Crippen molar-refractivity contribution >= 4 is 23.6 Å². The maximum Gasteiger partial charge on any atom is 0.342 e. The minimum absolute atomic E-state index is 0.263. The molecule has 2 rings (SSSR count). The van der Waals surface area contributed by atoms with Crippen molar-refractivity contribution in [1.29, 1.82) is 0 Å². The molecule has 0 bridgehead atoms. The summed E-state index contributed by atoms with van der Waals surface area (Å²) in [6.45, 7) is 2.15. The summed E-state index contributed by atoms with van der Waals surface area (Å²) in [5.41, 5.74) is 2.48. The standard InChI is InChI=1S/C20H23NO4S/c1-14-7-5-6-8-15(14)12-21(2)19(22)13-25-20(23)17-10-9-16(26-4)11-18(17)24-3/h5-11H,12-13H2,1-4H3. The van der Waals surface area contributed by atoms with Crippen molar-refractivity contribution in [3.8, 4) is 5.75 Å². The number of hydrogen-bond acceptors (Lipinski definition) is 5. The van der Waals surface area contributed by atoms with Gasteiger partial charge in [0.2, 0.25) is 0 Å². The molecule has 0 N–H and O–H groups in total. The van der Waals surface area contributed by atoms with Gasteiger partial charge in [-0.15, -0.1) is 11.8 Å². The Labute approximate surface area is 158 Å². The van der Waals surface area contributed by atoms with E-state index in [1.807, 2.05) is 43.5 Å². The van der Waals surface area contributed by atoms with E-state index in [2.05, 4.69) is 0 Å². The van der Waals surface area contributed by atoms with E-state index in [4.69, 9.17) is 9.47 Å². The number of carbonyl (C=O) groups excluding carboxylic acids is 2. The van der Waals surface area contributed by atoms with E-state index >= 15 is 0 Å². The molecule has 0 heterocycles. The third kappa shape index (κ3) is 5.02. The van der Waals surface area contributed by atoms with Gasteiger partial charge in [-0.1, -0.05) is 24.3 Å². The van der Waals surface area contributed by atoms with Crippen LogP contribution in [0.1, 0.15) is 21.5 Å². The summed E-state index contributed by atoms with van der Waals surface area (Å²) in [6, 6.07) is 13.1. The number of rotatable bonds is 7. The van der Waals surface area contributed by atoms with Gasteiger partial charge in [-0.3, -0.25) is 4.79 Å². The van der Waals surface area contributed by atoms with Gasteiger partial charge < -0.3 is 14.4 Å². The zero-order valence-corrected chi connectivity index (χ0v) is 16.3. The molecule has 0 fully saturated rings. The quantitative estimate of drug-likeness (QED) is 0.549. The molecule has 0 spiro atoms. The third-order valence-electron chi connectivity index (χ3n) is 4.05. The first-order valence-corrected chi connectivity index (χ1v) is 9.36. The molecule has 0 saturated carbocycles. The maximum absolute atomic E-state index is 12.3. The average molecular weight is 373 g/mol. The fourth-order valence-corrected chi connectivity index (χ4v) is 2.84. The molecule has 0 aliphatic carbocycles. The molecular weight excluding hydrogens is 350 g/mol. The largest absolute Gasteiger partial charge is 0.496 e. The van der Waals surface area contributed by atoms with E-state index in [9.17, 15) is 9.59 Å². The van der Waals surface area contributed by atoms with Gasteiger partial charge in [0.15, 0.2) is 6.61 Å². The van der Waals surface area contributed by atoms with Gasteiger partial charge in [0.25, 0.3) is 5.91 Å². The average Bonchev–Trinajstić information content (AvgIpc) is 2.66. The number of amides is 1. The molecule has 0 aromatic heterocycles. The second-order valence-corrected chi connectivity index (χ2v) is 6.70. The number of thioether (sulfide) groups is 1. The van der Waals surface area contributed by atoms with E-state index in [1.165, 1.54) is 7.11 Å². The van der Waals surface area contributed by atoms with Crippen molar-refractivity contribution in [1.82, 2.24) is 4.90 Å². The number of methoxy groups -OCH3 is 1. The number of esters is 1. The van der Waals surface area contributed by atoms with E-state index in [0.717, 1.165) is 16.0 Å². The van der Waals surface area contributed by atoms with Gasteiger partial charge in [0, 0.05) is 18.5 Å². The lowest BCUT2D eigenvalue weighted by Crippen LogP contribution is -2.31. The smallest absolute Gasteiger partial charge is 0.342 e. The molecule has 2 aromatic rings. The Morgan fingerprint density at radius 3 is 2.54 bits per heavy atom. The lowest BCUT2D eigenvalue weighted by atomic mass is 10.1. The van der Waals surface area contributed by atoms with Crippen LogP contribution in [0.4, 0.5) is 0 Å². The first-order valence-electron chi connectivity index (χ1n) is 8.14. The molecule has 138 valence electrons. The number of carbonyl (C=O) groups is 2. The van der Waals surface area contributed by atoms with Gasteiger partial charge in [0.05, 0.1) is 7.11 Å².